The summed E-state index contributed by atoms with van der Waals surface area (Å²) in [5.41, 5.74) is 0. The molecule has 1 atom stereocenters. The van der Waals surface area contributed by atoms with Crippen molar-refractivity contribution in [1.29, 1.82) is 0 Å². The highest BCUT2D eigenvalue weighted by molar-refractivity contribution is 9.45. The predicted molar refractivity (Wildman–Crippen MR) is 101 cm³/mol. The van der Waals surface area contributed by atoms with Crippen LogP contribution in [-0.2, 0) is 9.51 Å². The second kappa shape index (κ2) is 9.17. The van der Waals surface area contributed by atoms with Crippen LogP contribution in [0.3, 0.4) is 0 Å². The van der Waals surface area contributed by atoms with E-state index < -0.39 is 9.51 Å². The summed E-state index contributed by atoms with van der Waals surface area (Å²) in [4.78, 5) is 0. The van der Waals surface area contributed by atoms with Crippen LogP contribution in [0.15, 0.2) is 71.4 Å². The number of hydrogen-bond acceptors (Lipinski definition) is 4. The highest BCUT2D eigenvalue weighted by Gasteiger charge is 1.88. The first-order chi connectivity index (χ1) is 10.7. The van der Waals surface area contributed by atoms with E-state index in [9.17, 15) is 0 Å². The van der Waals surface area contributed by atoms with Crippen LogP contribution in [0.5, 0.6) is 0 Å². The normalized spacial score (nSPS) is 11.2. The van der Waals surface area contributed by atoms with Gasteiger partial charge in [-0.2, -0.15) is 0 Å². The molecule has 0 N–H and O–H groups in total. The summed E-state index contributed by atoms with van der Waals surface area (Å²) >= 11 is 5.76. The number of fused-ring (bicyclic) bond motifs is 2. The van der Waals surface area contributed by atoms with Crippen LogP contribution >= 0.6 is 37.5 Å². The SMILES string of the molecule is O=S([O-])Br.c1ccc2sccc2c1.c1ccc2sccc2c1. The lowest BCUT2D eigenvalue weighted by atomic mass is 10.3. The fourth-order valence-corrected chi connectivity index (χ4v) is 3.39. The van der Waals surface area contributed by atoms with Crippen molar-refractivity contribution in [2.24, 2.45) is 0 Å². The van der Waals surface area contributed by atoms with Gasteiger partial charge in [0.2, 0.25) is 0 Å². The Kier molecular flexibility index (Phi) is 7.21. The predicted octanol–water partition coefficient (Wildman–Crippen LogP) is 5.98. The molecule has 0 bridgehead atoms. The minimum atomic E-state index is -2.05. The Labute approximate surface area is 146 Å². The Morgan fingerprint density at radius 1 is 0.773 bits per heavy atom. The minimum Gasteiger partial charge on any atom is -0.763 e. The van der Waals surface area contributed by atoms with E-state index in [1.807, 2.05) is 0 Å². The van der Waals surface area contributed by atoms with Crippen LogP contribution in [-0.4, -0.2) is 8.76 Å². The molecule has 22 heavy (non-hydrogen) atoms. The summed E-state index contributed by atoms with van der Waals surface area (Å²) < 4.78 is 20.6. The number of thiophene rings is 2. The summed E-state index contributed by atoms with van der Waals surface area (Å²) in [6, 6.07) is 21.1. The van der Waals surface area contributed by atoms with Gasteiger partial charge in [-0.05, 0) is 45.8 Å². The zero-order valence-corrected chi connectivity index (χ0v) is 15.4. The second-order valence-corrected chi connectivity index (χ2v) is 7.98. The van der Waals surface area contributed by atoms with Gasteiger partial charge in [0, 0.05) is 33.7 Å². The van der Waals surface area contributed by atoms with Gasteiger partial charge in [-0.3, -0.25) is 4.21 Å². The van der Waals surface area contributed by atoms with E-state index in [1.54, 1.807) is 22.7 Å². The van der Waals surface area contributed by atoms with Crippen molar-refractivity contribution in [3.05, 3.63) is 71.4 Å². The van der Waals surface area contributed by atoms with Crippen LogP contribution in [0.25, 0.3) is 20.2 Å². The molecule has 0 amide bonds. The fraction of sp³-hybridized carbons (Fsp3) is 0. The van der Waals surface area contributed by atoms with Gasteiger partial charge in [-0.15, -0.1) is 22.7 Å². The van der Waals surface area contributed by atoms with Crippen molar-refractivity contribution in [3.63, 3.8) is 0 Å². The Balaban J connectivity index is 0.000000131. The number of rotatable bonds is 0. The lowest BCUT2D eigenvalue weighted by molar-refractivity contribution is 0.554. The van der Waals surface area contributed by atoms with Crippen LogP contribution in [0, 0.1) is 0 Å². The number of halogens is 1. The molecule has 0 aliphatic carbocycles. The standard InChI is InChI=1S/2C8H6S.BrHO2S/c2*1-2-4-8-7(3-1)5-6-9-8;1-4(2)3/h2*1-6H;(H,2,3)/p-1. The third-order valence-electron chi connectivity index (χ3n) is 2.72. The van der Waals surface area contributed by atoms with Gasteiger partial charge in [0.1, 0.15) is 0 Å². The van der Waals surface area contributed by atoms with Gasteiger partial charge >= 0.3 is 0 Å². The van der Waals surface area contributed by atoms with Gasteiger partial charge < -0.3 is 4.55 Å². The molecule has 0 saturated carbocycles. The largest absolute Gasteiger partial charge is 0.763 e. The average molecular weight is 412 g/mol. The van der Waals surface area contributed by atoms with E-state index in [0.29, 0.717) is 0 Å². The van der Waals surface area contributed by atoms with Crippen LogP contribution < -0.4 is 0 Å². The van der Waals surface area contributed by atoms with E-state index in [2.05, 4.69) is 86.2 Å². The van der Waals surface area contributed by atoms with E-state index >= 15 is 0 Å². The summed E-state index contributed by atoms with van der Waals surface area (Å²) in [5.74, 6) is 0. The van der Waals surface area contributed by atoms with Gasteiger partial charge in [0.25, 0.3) is 0 Å². The second-order valence-electron chi connectivity index (χ2n) is 4.11. The number of benzene rings is 2. The molecule has 4 rings (SSSR count). The first-order valence-electron chi connectivity index (χ1n) is 6.27. The molecule has 6 heteroatoms. The van der Waals surface area contributed by atoms with E-state index in [0.717, 1.165) is 0 Å². The zero-order chi connectivity index (χ0) is 15.8. The lowest BCUT2D eigenvalue weighted by Crippen LogP contribution is -1.60. The average Bonchev–Trinajstić information content (AvgIpc) is 3.16. The van der Waals surface area contributed by atoms with E-state index in [4.69, 9.17) is 8.76 Å². The highest BCUT2D eigenvalue weighted by atomic mass is 79.9. The Hall–Kier alpha value is -1.05. The summed E-state index contributed by atoms with van der Waals surface area (Å²) in [6.45, 7) is 0. The maximum Gasteiger partial charge on any atom is 0.0342 e. The molecule has 0 aliphatic heterocycles. The molecule has 2 aromatic carbocycles. The van der Waals surface area contributed by atoms with Gasteiger partial charge in [-0.1, -0.05) is 36.4 Å². The maximum atomic E-state index is 8.92. The van der Waals surface area contributed by atoms with Crippen molar-refractivity contribution in [3.8, 4) is 0 Å². The molecule has 0 radical (unpaired) electrons. The topological polar surface area (TPSA) is 40.1 Å². The monoisotopic (exact) mass is 411 g/mol. The smallest absolute Gasteiger partial charge is 0.0342 e. The Morgan fingerprint density at radius 3 is 1.50 bits per heavy atom. The molecule has 1 unspecified atom stereocenters. The van der Waals surface area contributed by atoms with E-state index in [1.165, 1.54) is 20.2 Å². The third kappa shape index (κ3) is 5.62. The summed E-state index contributed by atoms with van der Waals surface area (Å²) in [5, 5.41) is 6.93. The van der Waals surface area contributed by atoms with Crippen LogP contribution in [0.4, 0.5) is 0 Å². The van der Waals surface area contributed by atoms with Gasteiger partial charge in [-0.25, -0.2) is 0 Å². The summed E-state index contributed by atoms with van der Waals surface area (Å²) in [7, 11) is -2.05. The maximum absolute atomic E-state index is 8.92. The lowest BCUT2D eigenvalue weighted by Gasteiger charge is -1.82. The molecular formula is C16H12BrO2S3-. The van der Waals surface area contributed by atoms with Crippen molar-refractivity contribution < 1.29 is 8.76 Å². The highest BCUT2D eigenvalue weighted by Crippen LogP contribution is 2.19. The van der Waals surface area contributed by atoms with Crippen LogP contribution in [0.2, 0.25) is 0 Å². The van der Waals surface area contributed by atoms with Crippen LogP contribution in [0.1, 0.15) is 0 Å². The Morgan fingerprint density at radius 2 is 1.14 bits per heavy atom. The molecule has 2 aromatic heterocycles. The van der Waals surface area contributed by atoms with Crippen molar-refractivity contribution in [1.82, 2.24) is 0 Å². The molecule has 114 valence electrons. The number of hydrogen-bond donors (Lipinski definition) is 0. The molecule has 0 aliphatic rings. The molecule has 2 heterocycles. The molecule has 4 aromatic rings. The van der Waals surface area contributed by atoms with Crippen molar-refractivity contribution in [2.75, 3.05) is 0 Å². The first-order valence-corrected chi connectivity index (χ1v) is 10.9. The summed E-state index contributed by atoms with van der Waals surface area (Å²) in [6.07, 6.45) is 0. The van der Waals surface area contributed by atoms with Gasteiger partial charge in [0.05, 0.1) is 0 Å². The third-order valence-corrected chi connectivity index (χ3v) is 4.52. The molecule has 0 spiro atoms. The van der Waals surface area contributed by atoms with Crippen molar-refractivity contribution in [2.45, 2.75) is 0 Å². The molecular weight excluding hydrogens is 400 g/mol. The fourth-order valence-electron chi connectivity index (χ4n) is 1.81. The zero-order valence-electron chi connectivity index (χ0n) is 11.3. The molecule has 0 fully saturated rings. The first kappa shape index (κ1) is 17.3. The molecule has 2 nitrogen and oxygen atoms in total. The molecule has 0 saturated heterocycles. The Bertz CT molecular complexity index is 724. The van der Waals surface area contributed by atoms with Gasteiger partial charge in [0.15, 0.2) is 0 Å². The van der Waals surface area contributed by atoms with Crippen molar-refractivity contribution >= 4 is 67.2 Å². The minimum absolute atomic E-state index is 1.35. The quantitative estimate of drug-likeness (QED) is 0.263. The van der Waals surface area contributed by atoms with E-state index in [-0.39, 0.29) is 0 Å².